The van der Waals surface area contributed by atoms with Gasteiger partial charge in [-0.05, 0) is 29.6 Å². The molecule has 0 aliphatic carbocycles. The Labute approximate surface area is 136 Å². The molecule has 3 N–H and O–H groups in total. The van der Waals surface area contributed by atoms with Crippen LogP contribution in [0.1, 0.15) is 15.2 Å². The molecule has 2 aromatic heterocycles. The van der Waals surface area contributed by atoms with E-state index in [1.54, 1.807) is 35.9 Å². The Balaban J connectivity index is 1.43. The summed E-state index contributed by atoms with van der Waals surface area (Å²) >= 11 is 1.56. The van der Waals surface area contributed by atoms with Gasteiger partial charge in [0.05, 0.1) is 23.8 Å². The number of carbonyl (C=O) groups is 2. The number of aromatic nitrogens is 2. The standard InChI is InChI=1S/C16H16N4O2S/c21-15(9-12-2-1-7-23-12)17-5-6-18-16(22)11-3-4-13-14(8-11)20-10-19-13/h1-4,7-8,10H,5-6,9H2,(H,17,21)(H,18,22)(H,19,20). The quantitative estimate of drug-likeness (QED) is 0.602. The zero-order valence-corrected chi connectivity index (χ0v) is 13.2. The number of imidazole rings is 1. The highest BCUT2D eigenvalue weighted by atomic mass is 32.1. The molecule has 0 atom stereocenters. The molecule has 0 bridgehead atoms. The Morgan fingerprint density at radius 1 is 1.17 bits per heavy atom. The van der Waals surface area contributed by atoms with E-state index in [9.17, 15) is 9.59 Å². The molecule has 2 heterocycles. The zero-order valence-electron chi connectivity index (χ0n) is 12.3. The van der Waals surface area contributed by atoms with Crippen molar-refractivity contribution in [2.24, 2.45) is 0 Å². The molecular weight excluding hydrogens is 312 g/mol. The summed E-state index contributed by atoms with van der Waals surface area (Å²) in [5.41, 5.74) is 2.20. The number of H-pyrrole nitrogens is 1. The molecule has 2 amide bonds. The third-order valence-electron chi connectivity index (χ3n) is 3.33. The Morgan fingerprint density at radius 2 is 2.04 bits per heavy atom. The van der Waals surface area contributed by atoms with E-state index in [0.717, 1.165) is 15.9 Å². The molecule has 0 fully saturated rings. The molecule has 3 aromatic rings. The topological polar surface area (TPSA) is 86.9 Å². The number of amides is 2. The van der Waals surface area contributed by atoms with Gasteiger partial charge in [-0.25, -0.2) is 4.98 Å². The molecule has 0 radical (unpaired) electrons. The Kier molecular flexibility index (Phi) is 4.68. The van der Waals surface area contributed by atoms with Crippen LogP contribution in [0.2, 0.25) is 0 Å². The van der Waals surface area contributed by atoms with Gasteiger partial charge in [-0.2, -0.15) is 0 Å². The summed E-state index contributed by atoms with van der Waals surface area (Å²) in [7, 11) is 0. The van der Waals surface area contributed by atoms with Gasteiger partial charge in [0.15, 0.2) is 0 Å². The zero-order chi connectivity index (χ0) is 16.1. The van der Waals surface area contributed by atoms with Gasteiger partial charge in [-0.15, -0.1) is 11.3 Å². The van der Waals surface area contributed by atoms with Crippen LogP contribution in [0.4, 0.5) is 0 Å². The molecule has 0 saturated heterocycles. The molecule has 7 heteroatoms. The average molecular weight is 328 g/mol. The third kappa shape index (κ3) is 3.95. The lowest BCUT2D eigenvalue weighted by atomic mass is 10.2. The Hall–Kier alpha value is -2.67. The highest BCUT2D eigenvalue weighted by Crippen LogP contribution is 2.11. The average Bonchev–Trinajstić information content (AvgIpc) is 3.21. The minimum Gasteiger partial charge on any atom is -0.354 e. The lowest BCUT2D eigenvalue weighted by Crippen LogP contribution is -2.35. The summed E-state index contributed by atoms with van der Waals surface area (Å²) in [4.78, 5) is 31.9. The summed E-state index contributed by atoms with van der Waals surface area (Å²) < 4.78 is 0. The van der Waals surface area contributed by atoms with Crippen LogP contribution in [0.15, 0.2) is 42.0 Å². The van der Waals surface area contributed by atoms with E-state index >= 15 is 0 Å². The van der Waals surface area contributed by atoms with Crippen molar-refractivity contribution in [3.05, 3.63) is 52.5 Å². The maximum atomic E-state index is 12.1. The molecule has 118 valence electrons. The third-order valence-corrected chi connectivity index (χ3v) is 4.21. The van der Waals surface area contributed by atoms with Gasteiger partial charge in [-0.3, -0.25) is 9.59 Å². The van der Waals surface area contributed by atoms with E-state index in [1.807, 2.05) is 17.5 Å². The fourth-order valence-corrected chi connectivity index (χ4v) is 2.89. The minimum atomic E-state index is -0.172. The van der Waals surface area contributed by atoms with Gasteiger partial charge in [0.2, 0.25) is 5.91 Å². The number of rotatable bonds is 6. The van der Waals surface area contributed by atoms with Gasteiger partial charge in [0.25, 0.3) is 5.91 Å². The van der Waals surface area contributed by atoms with Crippen LogP contribution in [0.25, 0.3) is 11.0 Å². The second-order valence-electron chi connectivity index (χ2n) is 5.00. The first kappa shape index (κ1) is 15.2. The van der Waals surface area contributed by atoms with E-state index in [1.165, 1.54) is 0 Å². The molecule has 0 saturated carbocycles. The van der Waals surface area contributed by atoms with Crippen LogP contribution in [-0.4, -0.2) is 34.9 Å². The Morgan fingerprint density at radius 3 is 2.87 bits per heavy atom. The molecule has 3 rings (SSSR count). The minimum absolute atomic E-state index is 0.0411. The maximum Gasteiger partial charge on any atom is 0.251 e. The van der Waals surface area contributed by atoms with Crippen LogP contribution < -0.4 is 10.6 Å². The summed E-state index contributed by atoms with van der Waals surface area (Å²) in [6.07, 6.45) is 1.97. The number of aromatic amines is 1. The van der Waals surface area contributed by atoms with E-state index in [2.05, 4.69) is 20.6 Å². The molecule has 6 nitrogen and oxygen atoms in total. The van der Waals surface area contributed by atoms with Gasteiger partial charge in [0.1, 0.15) is 0 Å². The predicted molar refractivity (Wildman–Crippen MR) is 89.5 cm³/mol. The fourth-order valence-electron chi connectivity index (χ4n) is 2.19. The SMILES string of the molecule is O=C(Cc1cccs1)NCCNC(=O)c1ccc2nc[nH]c2c1. The summed E-state index contributed by atoms with van der Waals surface area (Å²) in [6, 6.07) is 9.13. The fraction of sp³-hybridized carbons (Fsp3) is 0.188. The first-order chi connectivity index (χ1) is 11.2. The van der Waals surface area contributed by atoms with Crippen LogP contribution in [-0.2, 0) is 11.2 Å². The number of fused-ring (bicyclic) bond motifs is 1. The van der Waals surface area contributed by atoms with Crippen LogP contribution >= 0.6 is 11.3 Å². The first-order valence-electron chi connectivity index (χ1n) is 7.23. The van der Waals surface area contributed by atoms with Crippen molar-refractivity contribution in [3.8, 4) is 0 Å². The van der Waals surface area contributed by atoms with Crippen molar-refractivity contribution in [1.82, 2.24) is 20.6 Å². The second-order valence-corrected chi connectivity index (χ2v) is 6.03. The van der Waals surface area contributed by atoms with E-state index < -0.39 is 0 Å². The largest absolute Gasteiger partial charge is 0.354 e. The lowest BCUT2D eigenvalue weighted by Gasteiger charge is -2.07. The summed E-state index contributed by atoms with van der Waals surface area (Å²) in [5, 5.41) is 7.52. The van der Waals surface area contributed by atoms with Crippen molar-refractivity contribution < 1.29 is 9.59 Å². The lowest BCUT2D eigenvalue weighted by molar-refractivity contribution is -0.120. The van der Waals surface area contributed by atoms with E-state index in [4.69, 9.17) is 0 Å². The van der Waals surface area contributed by atoms with Crippen LogP contribution in [0.3, 0.4) is 0 Å². The predicted octanol–water partition coefficient (Wildman–Crippen LogP) is 1.71. The molecule has 0 aliphatic heterocycles. The highest BCUT2D eigenvalue weighted by molar-refractivity contribution is 7.10. The van der Waals surface area contributed by atoms with Gasteiger partial charge >= 0.3 is 0 Å². The van der Waals surface area contributed by atoms with Crippen LogP contribution in [0, 0.1) is 0 Å². The van der Waals surface area contributed by atoms with Gasteiger partial charge in [-0.1, -0.05) is 6.07 Å². The van der Waals surface area contributed by atoms with Crippen molar-refractivity contribution in [1.29, 1.82) is 0 Å². The molecule has 0 aliphatic rings. The number of carbonyl (C=O) groups excluding carboxylic acids is 2. The van der Waals surface area contributed by atoms with Crippen molar-refractivity contribution >= 4 is 34.2 Å². The van der Waals surface area contributed by atoms with Crippen molar-refractivity contribution in [2.45, 2.75) is 6.42 Å². The number of thiophene rings is 1. The number of hydrogen-bond acceptors (Lipinski definition) is 4. The molecular formula is C16H16N4O2S. The first-order valence-corrected chi connectivity index (χ1v) is 8.11. The van der Waals surface area contributed by atoms with Gasteiger partial charge < -0.3 is 15.6 Å². The Bertz CT molecular complexity index is 810. The monoisotopic (exact) mass is 328 g/mol. The molecule has 23 heavy (non-hydrogen) atoms. The number of nitrogens with one attached hydrogen (secondary N) is 3. The van der Waals surface area contributed by atoms with Crippen molar-refractivity contribution in [3.63, 3.8) is 0 Å². The number of hydrogen-bond donors (Lipinski definition) is 3. The van der Waals surface area contributed by atoms with Gasteiger partial charge in [0, 0.05) is 23.5 Å². The van der Waals surface area contributed by atoms with Crippen LogP contribution in [0.5, 0.6) is 0 Å². The molecule has 0 spiro atoms. The molecule has 1 aromatic carbocycles. The number of benzene rings is 1. The van der Waals surface area contributed by atoms with E-state index in [-0.39, 0.29) is 11.8 Å². The normalized spacial score (nSPS) is 10.6. The molecule has 0 unspecified atom stereocenters. The van der Waals surface area contributed by atoms with Crippen molar-refractivity contribution in [2.75, 3.05) is 13.1 Å². The summed E-state index contributed by atoms with van der Waals surface area (Å²) in [6.45, 7) is 0.790. The number of nitrogens with zero attached hydrogens (tertiary/aromatic N) is 1. The highest BCUT2D eigenvalue weighted by Gasteiger charge is 2.07. The summed E-state index contributed by atoms with van der Waals surface area (Å²) in [5.74, 6) is -0.213. The smallest absolute Gasteiger partial charge is 0.251 e. The second kappa shape index (κ2) is 7.06. The maximum absolute atomic E-state index is 12.1. The van der Waals surface area contributed by atoms with E-state index in [0.29, 0.717) is 25.1 Å².